The number of aromatic amines is 1. The van der Waals surface area contributed by atoms with Gasteiger partial charge in [-0.05, 0) is 22.0 Å². The Balaban J connectivity index is 2.23. The highest BCUT2D eigenvalue weighted by atomic mass is 79.9. The molecule has 3 aromatic rings. The van der Waals surface area contributed by atoms with E-state index in [1.165, 1.54) is 18.3 Å². The van der Waals surface area contributed by atoms with Gasteiger partial charge in [-0.25, -0.2) is 19.3 Å². The maximum absolute atomic E-state index is 13.4. The SMILES string of the molecule is Nc1ncc(Br)nc1-c1nc2cc(Cl)c(F)cc2[nH]1. The summed E-state index contributed by atoms with van der Waals surface area (Å²) in [6, 6.07) is 2.71. The molecule has 96 valence electrons. The van der Waals surface area contributed by atoms with Crippen LogP contribution in [0.25, 0.3) is 22.6 Å². The van der Waals surface area contributed by atoms with Crippen molar-refractivity contribution in [2.24, 2.45) is 0 Å². The number of anilines is 1. The van der Waals surface area contributed by atoms with Gasteiger partial charge in [-0.2, -0.15) is 0 Å². The second-order valence-electron chi connectivity index (χ2n) is 3.80. The molecule has 0 unspecified atom stereocenters. The minimum absolute atomic E-state index is 0.0128. The van der Waals surface area contributed by atoms with Gasteiger partial charge < -0.3 is 10.7 Å². The Hall–Kier alpha value is -1.73. The van der Waals surface area contributed by atoms with Crippen molar-refractivity contribution in [2.75, 3.05) is 5.73 Å². The predicted octanol–water partition coefficient (Wildman–Crippen LogP) is 3.16. The first-order valence-corrected chi connectivity index (χ1v) is 6.35. The molecule has 0 saturated heterocycles. The van der Waals surface area contributed by atoms with E-state index in [2.05, 4.69) is 35.9 Å². The summed E-state index contributed by atoms with van der Waals surface area (Å²) in [5, 5.41) is 0.0128. The van der Waals surface area contributed by atoms with E-state index >= 15 is 0 Å². The first-order valence-electron chi connectivity index (χ1n) is 5.18. The molecule has 3 N–H and O–H groups in total. The summed E-state index contributed by atoms with van der Waals surface area (Å²) in [4.78, 5) is 15.4. The Kier molecular flexibility index (Phi) is 2.87. The molecule has 3 rings (SSSR count). The molecular weight excluding hydrogens is 337 g/mol. The first-order chi connectivity index (χ1) is 9.04. The molecular formula is C11H6BrClFN5. The van der Waals surface area contributed by atoms with Crippen LogP contribution in [0, 0.1) is 5.82 Å². The summed E-state index contributed by atoms with van der Waals surface area (Å²) < 4.78 is 13.9. The lowest BCUT2D eigenvalue weighted by atomic mass is 10.3. The summed E-state index contributed by atoms with van der Waals surface area (Å²) in [5.74, 6) is 0.120. The maximum atomic E-state index is 13.4. The van der Waals surface area contributed by atoms with E-state index in [1.807, 2.05) is 0 Å². The van der Waals surface area contributed by atoms with E-state index in [-0.39, 0.29) is 10.8 Å². The number of halogens is 3. The fraction of sp³-hybridized carbons (Fsp3) is 0. The zero-order chi connectivity index (χ0) is 13.6. The highest BCUT2D eigenvalue weighted by Gasteiger charge is 2.13. The summed E-state index contributed by atoms with van der Waals surface area (Å²) in [5.41, 5.74) is 7.18. The minimum Gasteiger partial charge on any atom is -0.382 e. The summed E-state index contributed by atoms with van der Waals surface area (Å²) in [6.45, 7) is 0. The molecule has 1 aromatic carbocycles. The molecule has 2 heterocycles. The average Bonchev–Trinajstić information content (AvgIpc) is 2.75. The zero-order valence-corrected chi connectivity index (χ0v) is 11.6. The molecule has 8 heteroatoms. The maximum Gasteiger partial charge on any atom is 0.161 e. The fourth-order valence-corrected chi connectivity index (χ4v) is 2.11. The molecule has 2 aromatic heterocycles. The number of rotatable bonds is 1. The Morgan fingerprint density at radius 2 is 2.11 bits per heavy atom. The second kappa shape index (κ2) is 4.43. The van der Waals surface area contributed by atoms with Crippen LogP contribution in [0.3, 0.4) is 0 Å². The zero-order valence-electron chi connectivity index (χ0n) is 9.28. The lowest BCUT2D eigenvalue weighted by Gasteiger charge is -2.00. The Bertz CT molecular complexity index is 749. The van der Waals surface area contributed by atoms with Crippen molar-refractivity contribution in [3.05, 3.63) is 33.8 Å². The molecule has 0 amide bonds. The largest absolute Gasteiger partial charge is 0.382 e. The Morgan fingerprint density at radius 1 is 1.32 bits per heavy atom. The van der Waals surface area contributed by atoms with E-state index in [9.17, 15) is 4.39 Å². The van der Waals surface area contributed by atoms with Crippen LogP contribution in [0.1, 0.15) is 0 Å². The van der Waals surface area contributed by atoms with E-state index in [1.54, 1.807) is 0 Å². The highest BCUT2D eigenvalue weighted by molar-refractivity contribution is 9.10. The van der Waals surface area contributed by atoms with Crippen molar-refractivity contribution in [3.63, 3.8) is 0 Å². The summed E-state index contributed by atoms with van der Waals surface area (Å²) >= 11 is 8.92. The minimum atomic E-state index is -0.516. The average molecular weight is 343 g/mol. The van der Waals surface area contributed by atoms with Gasteiger partial charge in [-0.3, -0.25) is 0 Å². The van der Waals surface area contributed by atoms with Gasteiger partial charge in [0.1, 0.15) is 16.1 Å². The topological polar surface area (TPSA) is 80.5 Å². The molecule has 0 saturated carbocycles. The van der Waals surface area contributed by atoms with Gasteiger partial charge in [-0.15, -0.1) is 0 Å². The molecule has 0 atom stereocenters. The van der Waals surface area contributed by atoms with E-state index in [0.717, 1.165) is 0 Å². The number of fused-ring (bicyclic) bond motifs is 1. The molecule has 0 aliphatic rings. The monoisotopic (exact) mass is 341 g/mol. The third kappa shape index (κ3) is 2.15. The number of imidazole rings is 1. The molecule has 19 heavy (non-hydrogen) atoms. The van der Waals surface area contributed by atoms with Crippen LogP contribution in [0.2, 0.25) is 5.02 Å². The van der Waals surface area contributed by atoms with Crippen LogP contribution < -0.4 is 5.73 Å². The predicted molar refractivity (Wildman–Crippen MR) is 74.2 cm³/mol. The standard InChI is InChI=1S/C11H6BrClFN5/c12-8-3-16-10(15)9(19-8)11-17-6-1-4(13)5(14)2-7(6)18-11/h1-3H,(H2,15,16)(H,17,18). The number of benzene rings is 1. The number of H-pyrrole nitrogens is 1. The van der Waals surface area contributed by atoms with Gasteiger partial charge in [0.2, 0.25) is 0 Å². The van der Waals surface area contributed by atoms with Crippen molar-refractivity contribution in [1.29, 1.82) is 0 Å². The molecule has 0 aliphatic heterocycles. The number of hydrogen-bond acceptors (Lipinski definition) is 4. The number of hydrogen-bond donors (Lipinski definition) is 2. The third-order valence-electron chi connectivity index (χ3n) is 2.52. The number of nitrogens with one attached hydrogen (secondary N) is 1. The van der Waals surface area contributed by atoms with E-state index < -0.39 is 5.82 Å². The van der Waals surface area contributed by atoms with Gasteiger partial charge >= 0.3 is 0 Å². The second-order valence-corrected chi connectivity index (χ2v) is 5.02. The van der Waals surface area contributed by atoms with Crippen LogP contribution in [0.4, 0.5) is 10.2 Å². The van der Waals surface area contributed by atoms with Crippen LogP contribution in [-0.2, 0) is 0 Å². The van der Waals surface area contributed by atoms with Gasteiger partial charge in [0.25, 0.3) is 0 Å². The van der Waals surface area contributed by atoms with Gasteiger partial charge in [0.15, 0.2) is 11.6 Å². The van der Waals surface area contributed by atoms with Crippen LogP contribution >= 0.6 is 27.5 Å². The molecule has 0 spiro atoms. The van der Waals surface area contributed by atoms with Crippen molar-refractivity contribution >= 4 is 44.4 Å². The van der Waals surface area contributed by atoms with E-state index in [4.69, 9.17) is 17.3 Å². The fourth-order valence-electron chi connectivity index (χ4n) is 1.67. The molecule has 0 bridgehead atoms. The Morgan fingerprint density at radius 3 is 2.89 bits per heavy atom. The molecule has 0 aliphatic carbocycles. The number of nitrogens with two attached hydrogens (primary N) is 1. The molecule has 0 fully saturated rings. The number of aromatic nitrogens is 4. The third-order valence-corrected chi connectivity index (χ3v) is 3.19. The smallest absolute Gasteiger partial charge is 0.161 e. The molecule has 0 radical (unpaired) electrons. The van der Waals surface area contributed by atoms with Crippen molar-refractivity contribution in [2.45, 2.75) is 0 Å². The summed E-state index contributed by atoms with van der Waals surface area (Å²) in [6.07, 6.45) is 1.48. The lowest BCUT2D eigenvalue weighted by molar-refractivity contribution is 0.630. The summed E-state index contributed by atoms with van der Waals surface area (Å²) in [7, 11) is 0. The van der Waals surface area contributed by atoms with Gasteiger partial charge in [0, 0.05) is 6.07 Å². The Labute approximate surface area is 120 Å². The molecule has 5 nitrogen and oxygen atoms in total. The van der Waals surface area contributed by atoms with Crippen LogP contribution in [0.5, 0.6) is 0 Å². The quantitative estimate of drug-likeness (QED) is 0.712. The highest BCUT2D eigenvalue weighted by Crippen LogP contribution is 2.26. The van der Waals surface area contributed by atoms with Gasteiger partial charge in [-0.1, -0.05) is 11.6 Å². The lowest BCUT2D eigenvalue weighted by Crippen LogP contribution is -1.98. The normalized spacial score (nSPS) is 11.1. The number of nitrogen functional groups attached to an aromatic ring is 1. The first kappa shape index (κ1) is 12.3. The van der Waals surface area contributed by atoms with Crippen molar-refractivity contribution < 1.29 is 4.39 Å². The van der Waals surface area contributed by atoms with Crippen molar-refractivity contribution in [3.8, 4) is 11.5 Å². The van der Waals surface area contributed by atoms with Crippen LogP contribution in [0.15, 0.2) is 22.9 Å². The van der Waals surface area contributed by atoms with Gasteiger partial charge in [0.05, 0.1) is 22.3 Å². The van der Waals surface area contributed by atoms with Crippen molar-refractivity contribution in [1.82, 2.24) is 19.9 Å². The van der Waals surface area contributed by atoms with E-state index in [0.29, 0.717) is 27.2 Å². The number of nitrogens with zero attached hydrogens (tertiary/aromatic N) is 3. The van der Waals surface area contributed by atoms with Crippen LogP contribution in [-0.4, -0.2) is 19.9 Å².